The molecule has 2 nitrogen and oxygen atoms in total. The first-order valence-corrected chi connectivity index (χ1v) is 10.2. The van der Waals surface area contributed by atoms with Crippen LogP contribution in [-0.4, -0.2) is 18.1 Å². The van der Waals surface area contributed by atoms with Crippen molar-refractivity contribution >= 4 is 0 Å². The minimum absolute atomic E-state index is 0.470. The number of nitrogens with zero attached hydrogens (tertiary/aromatic N) is 1. The third-order valence-corrected chi connectivity index (χ3v) is 6.39. The zero-order valence-corrected chi connectivity index (χ0v) is 16.3. The molecule has 0 aliphatic carbocycles. The van der Waals surface area contributed by atoms with Crippen molar-refractivity contribution in [3.05, 3.63) is 65.2 Å². The zero-order valence-electron chi connectivity index (χ0n) is 16.3. The number of aryl methyl sites for hydroxylation is 1. The summed E-state index contributed by atoms with van der Waals surface area (Å²) in [6.07, 6.45) is 3.66. The summed E-state index contributed by atoms with van der Waals surface area (Å²) >= 11 is 0. The number of benzene rings is 2. The van der Waals surface area contributed by atoms with Gasteiger partial charge in [-0.1, -0.05) is 56.3 Å². The lowest BCUT2D eigenvalue weighted by molar-refractivity contribution is 0.0347. The Morgan fingerprint density at radius 3 is 2.58 bits per heavy atom. The average molecular weight is 350 g/mol. The summed E-state index contributed by atoms with van der Waals surface area (Å²) in [5.74, 6) is 2.67. The normalized spacial score (nSPS) is 26.4. The van der Waals surface area contributed by atoms with Crippen LogP contribution in [0.15, 0.2) is 48.5 Å². The quantitative estimate of drug-likeness (QED) is 0.681. The maximum Gasteiger partial charge on any atom is 0.124 e. The number of hydrogen-bond donors (Lipinski definition) is 0. The van der Waals surface area contributed by atoms with E-state index in [1.165, 1.54) is 36.1 Å². The maximum absolute atomic E-state index is 6.00. The first-order valence-electron chi connectivity index (χ1n) is 10.2. The number of piperidine rings is 1. The van der Waals surface area contributed by atoms with Crippen LogP contribution in [0, 0.1) is 18.8 Å². The van der Waals surface area contributed by atoms with Gasteiger partial charge in [-0.25, -0.2) is 0 Å². The fourth-order valence-corrected chi connectivity index (χ4v) is 4.81. The second-order valence-corrected chi connectivity index (χ2v) is 8.39. The lowest BCUT2D eigenvalue weighted by Crippen LogP contribution is -2.42. The number of rotatable bonds is 3. The summed E-state index contributed by atoms with van der Waals surface area (Å²) in [7, 11) is 0. The van der Waals surface area contributed by atoms with E-state index >= 15 is 0 Å². The molecule has 0 N–H and O–H groups in total. The summed E-state index contributed by atoms with van der Waals surface area (Å²) < 4.78 is 6.00. The summed E-state index contributed by atoms with van der Waals surface area (Å²) in [6.45, 7) is 8.92. The lowest BCUT2D eigenvalue weighted by Gasteiger charge is -2.46. The molecule has 26 heavy (non-hydrogen) atoms. The maximum atomic E-state index is 6.00. The topological polar surface area (TPSA) is 12.5 Å². The first kappa shape index (κ1) is 17.6. The van der Waals surface area contributed by atoms with Crippen LogP contribution in [0.2, 0.25) is 0 Å². The van der Waals surface area contributed by atoms with E-state index in [0.29, 0.717) is 12.1 Å². The molecule has 4 rings (SSSR count). The van der Waals surface area contributed by atoms with Gasteiger partial charge in [-0.3, -0.25) is 4.90 Å². The highest BCUT2D eigenvalue weighted by Gasteiger charge is 2.37. The molecule has 0 spiro atoms. The molecular weight excluding hydrogens is 318 g/mol. The molecule has 2 aliphatic heterocycles. The molecule has 2 aliphatic rings. The van der Waals surface area contributed by atoms with Gasteiger partial charge in [-0.15, -0.1) is 0 Å². The van der Waals surface area contributed by atoms with Crippen molar-refractivity contribution in [2.45, 2.75) is 52.1 Å². The van der Waals surface area contributed by atoms with E-state index in [-0.39, 0.29) is 0 Å². The monoisotopic (exact) mass is 349 g/mol. The Bertz CT molecular complexity index is 739. The third kappa shape index (κ3) is 3.40. The Labute approximate surface area is 158 Å². The summed E-state index contributed by atoms with van der Waals surface area (Å²) in [5.41, 5.74) is 4.13. The molecule has 2 heterocycles. The van der Waals surface area contributed by atoms with E-state index in [4.69, 9.17) is 4.74 Å². The van der Waals surface area contributed by atoms with Gasteiger partial charge in [-0.05, 0) is 55.3 Å². The van der Waals surface area contributed by atoms with E-state index < -0.39 is 0 Å². The number of fused-ring (bicyclic) bond motifs is 1. The van der Waals surface area contributed by atoms with Gasteiger partial charge in [0.1, 0.15) is 5.75 Å². The van der Waals surface area contributed by atoms with Gasteiger partial charge in [0.2, 0.25) is 0 Å². The molecule has 1 saturated heterocycles. The Kier molecular flexibility index (Phi) is 5.04. The molecule has 1 fully saturated rings. The van der Waals surface area contributed by atoms with E-state index in [1.807, 2.05) is 0 Å². The molecular formula is C24H31NO. The number of likely N-dealkylation sites (tertiary alicyclic amines) is 1. The predicted molar refractivity (Wildman–Crippen MR) is 107 cm³/mol. The van der Waals surface area contributed by atoms with E-state index in [9.17, 15) is 0 Å². The van der Waals surface area contributed by atoms with Crippen LogP contribution in [0.5, 0.6) is 5.75 Å². The van der Waals surface area contributed by atoms with Gasteiger partial charge in [0.25, 0.3) is 0 Å². The molecule has 0 amide bonds. The minimum Gasteiger partial charge on any atom is -0.493 e. The highest BCUT2D eigenvalue weighted by Crippen LogP contribution is 2.46. The van der Waals surface area contributed by atoms with Gasteiger partial charge < -0.3 is 4.74 Å². The molecule has 0 aromatic heterocycles. The van der Waals surface area contributed by atoms with Crippen LogP contribution in [0.3, 0.4) is 0 Å². The second kappa shape index (κ2) is 7.44. The average Bonchev–Trinajstić information content (AvgIpc) is 2.67. The molecule has 0 radical (unpaired) electrons. The Morgan fingerprint density at radius 1 is 1.00 bits per heavy atom. The molecule has 0 unspecified atom stereocenters. The molecule has 2 aromatic carbocycles. The summed E-state index contributed by atoms with van der Waals surface area (Å²) in [6, 6.07) is 18.9. The van der Waals surface area contributed by atoms with Gasteiger partial charge >= 0.3 is 0 Å². The SMILES string of the molecule is Cc1ccc2c(c1)OCC[C@@H]2N1CC[C@H](C(C)C)C[C@@H]1c1ccccc1. The third-order valence-electron chi connectivity index (χ3n) is 6.39. The Balaban J connectivity index is 1.68. The van der Waals surface area contributed by atoms with Crippen LogP contribution in [0.4, 0.5) is 0 Å². The van der Waals surface area contributed by atoms with Crippen molar-refractivity contribution in [3.8, 4) is 5.75 Å². The lowest BCUT2D eigenvalue weighted by atomic mass is 9.79. The van der Waals surface area contributed by atoms with Crippen LogP contribution in [-0.2, 0) is 0 Å². The van der Waals surface area contributed by atoms with E-state index in [2.05, 4.69) is 74.2 Å². The van der Waals surface area contributed by atoms with E-state index in [0.717, 1.165) is 30.6 Å². The van der Waals surface area contributed by atoms with Gasteiger partial charge in [-0.2, -0.15) is 0 Å². The summed E-state index contributed by atoms with van der Waals surface area (Å²) in [5, 5.41) is 0. The van der Waals surface area contributed by atoms with Crippen molar-refractivity contribution in [2.24, 2.45) is 11.8 Å². The van der Waals surface area contributed by atoms with Crippen LogP contribution < -0.4 is 4.74 Å². The van der Waals surface area contributed by atoms with Gasteiger partial charge in [0, 0.05) is 24.1 Å². The van der Waals surface area contributed by atoms with Crippen molar-refractivity contribution in [1.29, 1.82) is 0 Å². The molecule has 2 heteroatoms. The Morgan fingerprint density at radius 2 is 1.81 bits per heavy atom. The van der Waals surface area contributed by atoms with Crippen LogP contribution in [0.25, 0.3) is 0 Å². The highest BCUT2D eigenvalue weighted by atomic mass is 16.5. The standard InChI is InChI=1S/C24H31NO/c1-17(2)20-11-13-25(23(16-20)19-7-5-4-6-8-19)22-12-14-26-24-15-18(3)9-10-21(22)24/h4-10,15,17,20,22-23H,11-14,16H2,1-3H3/t20-,22-,23+/m0/s1. The molecule has 0 bridgehead atoms. The predicted octanol–water partition coefficient (Wildman–Crippen LogP) is 5.93. The largest absolute Gasteiger partial charge is 0.493 e. The van der Waals surface area contributed by atoms with Crippen LogP contribution in [0.1, 0.15) is 61.9 Å². The second-order valence-electron chi connectivity index (χ2n) is 8.39. The van der Waals surface area contributed by atoms with Crippen molar-refractivity contribution < 1.29 is 4.74 Å². The number of ether oxygens (including phenoxy) is 1. The van der Waals surface area contributed by atoms with Crippen molar-refractivity contribution in [1.82, 2.24) is 4.90 Å². The Hall–Kier alpha value is -1.80. The zero-order chi connectivity index (χ0) is 18.1. The molecule has 3 atom stereocenters. The van der Waals surface area contributed by atoms with Crippen molar-refractivity contribution in [2.75, 3.05) is 13.2 Å². The highest BCUT2D eigenvalue weighted by molar-refractivity contribution is 5.41. The molecule has 0 saturated carbocycles. The van der Waals surface area contributed by atoms with Crippen LogP contribution >= 0.6 is 0 Å². The molecule has 2 aromatic rings. The van der Waals surface area contributed by atoms with Gasteiger partial charge in [0.05, 0.1) is 6.61 Å². The van der Waals surface area contributed by atoms with Gasteiger partial charge in [0.15, 0.2) is 0 Å². The van der Waals surface area contributed by atoms with Crippen molar-refractivity contribution in [3.63, 3.8) is 0 Å². The first-order chi connectivity index (χ1) is 12.6. The fraction of sp³-hybridized carbons (Fsp3) is 0.500. The molecule has 138 valence electrons. The minimum atomic E-state index is 0.470. The number of hydrogen-bond acceptors (Lipinski definition) is 2. The van der Waals surface area contributed by atoms with E-state index in [1.54, 1.807) is 0 Å². The fourth-order valence-electron chi connectivity index (χ4n) is 4.81. The summed E-state index contributed by atoms with van der Waals surface area (Å²) in [4.78, 5) is 2.77. The smallest absolute Gasteiger partial charge is 0.124 e.